The van der Waals surface area contributed by atoms with Gasteiger partial charge >= 0.3 is 6.18 Å². The molecule has 0 spiro atoms. The molecule has 2 amide bonds. The lowest BCUT2D eigenvalue weighted by Gasteiger charge is -2.31. The van der Waals surface area contributed by atoms with Gasteiger partial charge in [0, 0.05) is 31.3 Å². The summed E-state index contributed by atoms with van der Waals surface area (Å²) in [5, 5.41) is 2.05. The Hall–Kier alpha value is -2.35. The number of carbonyl (C=O) groups excluding carboxylic acids is 2. The lowest BCUT2D eigenvalue weighted by molar-refractivity contribution is -0.192. The van der Waals surface area contributed by atoms with Crippen LogP contribution in [0.25, 0.3) is 0 Å². The van der Waals surface area contributed by atoms with Crippen molar-refractivity contribution in [3.05, 3.63) is 42.5 Å². The third-order valence-corrected chi connectivity index (χ3v) is 3.94. The molecule has 8 heteroatoms. The van der Waals surface area contributed by atoms with E-state index in [0.29, 0.717) is 5.69 Å². The van der Waals surface area contributed by atoms with Crippen molar-refractivity contribution in [2.75, 3.05) is 25.2 Å². The Morgan fingerprint density at radius 2 is 1.96 bits per heavy atom. The molecule has 0 bridgehead atoms. The number of likely N-dealkylation sites (N-methyl/N-ethyl adjacent to an activating group) is 1. The van der Waals surface area contributed by atoms with Gasteiger partial charge in [-0.3, -0.25) is 9.59 Å². The van der Waals surface area contributed by atoms with Crippen LogP contribution < -0.4 is 10.2 Å². The van der Waals surface area contributed by atoms with Crippen LogP contribution in [0.3, 0.4) is 0 Å². The summed E-state index contributed by atoms with van der Waals surface area (Å²) in [6.07, 6.45) is -3.79. The van der Waals surface area contributed by atoms with Crippen LogP contribution in [0.15, 0.2) is 36.9 Å². The molecule has 1 heterocycles. The van der Waals surface area contributed by atoms with Crippen LogP contribution in [0.4, 0.5) is 18.9 Å². The number of ether oxygens (including phenoxy) is 1. The van der Waals surface area contributed by atoms with Crippen LogP contribution in [0.1, 0.15) is 16.8 Å². The van der Waals surface area contributed by atoms with Gasteiger partial charge in [0.05, 0.1) is 6.61 Å². The molecule has 0 aliphatic carbocycles. The molecule has 2 rings (SSSR count). The summed E-state index contributed by atoms with van der Waals surface area (Å²) in [6.45, 7) is 2.70. The van der Waals surface area contributed by atoms with E-state index < -0.39 is 24.2 Å². The van der Waals surface area contributed by atoms with Gasteiger partial charge in [0.1, 0.15) is 0 Å². The first-order valence-corrected chi connectivity index (χ1v) is 7.17. The number of alkyl halides is 3. The van der Waals surface area contributed by atoms with E-state index >= 15 is 0 Å². The first-order valence-electron chi connectivity index (χ1n) is 7.17. The Morgan fingerprint density at radius 1 is 1.33 bits per heavy atom. The predicted octanol–water partition coefficient (Wildman–Crippen LogP) is 2.29. The van der Waals surface area contributed by atoms with Gasteiger partial charge in [-0.05, 0) is 30.3 Å². The first kappa shape index (κ1) is 18.0. The van der Waals surface area contributed by atoms with Gasteiger partial charge in [-0.2, -0.15) is 13.2 Å². The minimum absolute atomic E-state index is 0.0623. The number of rotatable bonds is 4. The minimum Gasteiger partial charge on any atom is -0.379 e. The fourth-order valence-electron chi connectivity index (χ4n) is 2.35. The molecule has 1 N–H and O–H groups in total. The number of nitrogens with zero attached hydrogens (tertiary/aromatic N) is 1. The highest BCUT2D eigenvalue weighted by atomic mass is 19.4. The van der Waals surface area contributed by atoms with Crippen molar-refractivity contribution >= 4 is 17.5 Å². The average molecular weight is 342 g/mol. The Labute approximate surface area is 137 Å². The number of hydrogen-bond donors (Lipinski definition) is 1. The second kappa shape index (κ2) is 6.64. The quantitative estimate of drug-likeness (QED) is 0.854. The van der Waals surface area contributed by atoms with Crippen LogP contribution in [-0.4, -0.2) is 43.8 Å². The molecule has 1 unspecified atom stereocenters. The highest BCUT2D eigenvalue weighted by Crippen LogP contribution is 2.37. The molecular weight excluding hydrogens is 325 g/mol. The van der Waals surface area contributed by atoms with Gasteiger partial charge in [-0.15, -0.1) is 0 Å². The van der Waals surface area contributed by atoms with E-state index in [0.717, 1.165) is 6.08 Å². The molecule has 5 nitrogen and oxygen atoms in total. The van der Waals surface area contributed by atoms with Crippen LogP contribution in [-0.2, 0) is 9.53 Å². The van der Waals surface area contributed by atoms with Gasteiger partial charge < -0.3 is 15.0 Å². The van der Waals surface area contributed by atoms with Crippen molar-refractivity contribution < 1.29 is 27.5 Å². The van der Waals surface area contributed by atoms with Crippen LogP contribution in [0.2, 0.25) is 0 Å². The molecule has 0 saturated carbocycles. The van der Waals surface area contributed by atoms with Crippen molar-refractivity contribution in [1.82, 2.24) is 5.32 Å². The van der Waals surface area contributed by atoms with E-state index in [4.69, 9.17) is 4.74 Å². The molecule has 1 saturated heterocycles. The molecule has 1 fully saturated rings. The van der Waals surface area contributed by atoms with Gasteiger partial charge in [0.25, 0.3) is 5.91 Å². The second-order valence-corrected chi connectivity index (χ2v) is 5.48. The molecule has 1 atom stereocenters. The van der Waals surface area contributed by atoms with E-state index in [1.165, 1.54) is 36.2 Å². The minimum atomic E-state index is -4.60. The number of benzene rings is 1. The molecule has 0 radical (unpaired) electrons. The van der Waals surface area contributed by atoms with E-state index in [-0.39, 0.29) is 24.5 Å². The number of nitrogens with one attached hydrogen (secondary N) is 1. The van der Waals surface area contributed by atoms with Crippen LogP contribution in [0, 0.1) is 0 Å². The number of carbonyl (C=O) groups is 2. The van der Waals surface area contributed by atoms with Crippen LogP contribution in [0.5, 0.6) is 0 Å². The van der Waals surface area contributed by atoms with Crippen molar-refractivity contribution in [1.29, 1.82) is 0 Å². The number of hydrogen-bond acceptors (Lipinski definition) is 3. The molecule has 1 aromatic carbocycles. The summed E-state index contributed by atoms with van der Waals surface area (Å²) in [6, 6.07) is 5.66. The lowest BCUT2D eigenvalue weighted by Crippen LogP contribution is -2.59. The highest BCUT2D eigenvalue weighted by Gasteiger charge is 2.58. The van der Waals surface area contributed by atoms with Crippen molar-refractivity contribution in [3.8, 4) is 0 Å². The van der Waals surface area contributed by atoms with E-state index in [1.807, 2.05) is 5.32 Å². The molecule has 1 aromatic rings. The summed E-state index contributed by atoms with van der Waals surface area (Å²) in [7, 11) is 1.52. The maximum absolute atomic E-state index is 13.2. The van der Waals surface area contributed by atoms with Gasteiger partial charge in [-0.25, -0.2) is 0 Å². The topological polar surface area (TPSA) is 58.6 Å². The zero-order chi connectivity index (χ0) is 18.0. The average Bonchev–Trinajstić information content (AvgIpc) is 3.03. The van der Waals surface area contributed by atoms with Crippen LogP contribution >= 0.6 is 0 Å². The molecule has 1 aliphatic heterocycles. The predicted molar refractivity (Wildman–Crippen MR) is 81.7 cm³/mol. The number of anilines is 1. The highest BCUT2D eigenvalue weighted by molar-refractivity contribution is 6.01. The van der Waals surface area contributed by atoms with E-state index in [2.05, 4.69) is 6.58 Å². The number of amides is 2. The van der Waals surface area contributed by atoms with E-state index in [1.54, 1.807) is 0 Å². The van der Waals surface area contributed by atoms with E-state index in [9.17, 15) is 22.8 Å². The third kappa shape index (κ3) is 3.43. The summed E-state index contributed by atoms with van der Waals surface area (Å²) in [5.41, 5.74) is -1.81. The Bertz CT molecular complexity index is 635. The standard InChI is InChI=1S/C16H17F3N2O3/c1-3-13(22)21(2)12-6-4-11(5-7-12)14(23)20-15(16(17,18)19)8-9-24-10-15/h3-7H,1,8-10H2,2H3,(H,20,23). The molecule has 24 heavy (non-hydrogen) atoms. The third-order valence-electron chi connectivity index (χ3n) is 3.94. The van der Waals surface area contributed by atoms with Gasteiger partial charge in [0.2, 0.25) is 5.91 Å². The summed E-state index contributed by atoms with van der Waals surface area (Å²) < 4.78 is 44.5. The van der Waals surface area contributed by atoms with Gasteiger partial charge in [0.15, 0.2) is 5.54 Å². The largest absolute Gasteiger partial charge is 0.413 e. The van der Waals surface area contributed by atoms with Gasteiger partial charge in [-0.1, -0.05) is 6.58 Å². The monoisotopic (exact) mass is 342 g/mol. The maximum Gasteiger partial charge on any atom is 0.413 e. The molecule has 1 aliphatic rings. The SMILES string of the molecule is C=CC(=O)N(C)c1ccc(C(=O)NC2(C(F)(F)F)CCOC2)cc1. The second-order valence-electron chi connectivity index (χ2n) is 5.48. The normalized spacial score (nSPS) is 20.5. The van der Waals surface area contributed by atoms with Crippen molar-refractivity contribution in [2.45, 2.75) is 18.1 Å². The smallest absolute Gasteiger partial charge is 0.379 e. The Kier molecular flexibility index (Phi) is 4.98. The summed E-state index contributed by atoms with van der Waals surface area (Å²) in [5.74, 6) is -1.19. The van der Waals surface area contributed by atoms with Crippen molar-refractivity contribution in [2.24, 2.45) is 0 Å². The summed E-state index contributed by atoms with van der Waals surface area (Å²) in [4.78, 5) is 25.0. The summed E-state index contributed by atoms with van der Waals surface area (Å²) >= 11 is 0. The lowest BCUT2D eigenvalue weighted by atomic mass is 9.97. The Balaban J connectivity index is 2.15. The molecule has 130 valence electrons. The number of halogens is 3. The van der Waals surface area contributed by atoms with Crippen molar-refractivity contribution in [3.63, 3.8) is 0 Å². The zero-order valence-electron chi connectivity index (χ0n) is 13.0. The molecule has 0 aromatic heterocycles. The Morgan fingerprint density at radius 3 is 2.42 bits per heavy atom. The maximum atomic E-state index is 13.2. The fourth-order valence-corrected chi connectivity index (χ4v) is 2.35. The fraction of sp³-hybridized carbons (Fsp3) is 0.375. The first-order chi connectivity index (χ1) is 11.2. The zero-order valence-corrected chi connectivity index (χ0v) is 13.0. The molecular formula is C16H17F3N2O3.